The molecule has 4 aromatic rings. The minimum absolute atomic E-state index is 0.0275. The highest BCUT2D eigenvalue weighted by molar-refractivity contribution is 8.00. The first kappa shape index (κ1) is 20.0. The first-order valence-corrected chi connectivity index (χ1v) is 11.1. The second-order valence-electron chi connectivity index (χ2n) is 5.90. The van der Waals surface area contributed by atoms with Gasteiger partial charge >= 0.3 is 0 Å². The number of hydrogen-bond acceptors (Lipinski definition) is 9. The van der Waals surface area contributed by atoms with Crippen molar-refractivity contribution in [3.63, 3.8) is 0 Å². The van der Waals surface area contributed by atoms with Crippen molar-refractivity contribution >= 4 is 61.4 Å². The summed E-state index contributed by atoms with van der Waals surface area (Å²) in [5, 5.41) is 25.7. The summed E-state index contributed by atoms with van der Waals surface area (Å²) in [5.41, 5.74) is 1.70. The molecule has 0 aliphatic rings. The largest absolute Gasteiger partial charge is 0.301 e. The number of amides is 1. The first-order valence-electron chi connectivity index (χ1n) is 8.46. The van der Waals surface area contributed by atoms with Crippen LogP contribution >= 0.6 is 34.4 Å². The van der Waals surface area contributed by atoms with Gasteiger partial charge in [0.25, 0.3) is 5.69 Å². The Morgan fingerprint density at radius 2 is 2.13 bits per heavy atom. The lowest BCUT2D eigenvalue weighted by Crippen LogP contribution is -2.14. The number of carbonyl (C=O) groups is 1. The van der Waals surface area contributed by atoms with Gasteiger partial charge in [-0.15, -0.1) is 11.3 Å². The summed E-state index contributed by atoms with van der Waals surface area (Å²) in [7, 11) is 0. The number of anilines is 1. The molecule has 0 unspecified atom stereocenters. The zero-order valence-corrected chi connectivity index (χ0v) is 17.5. The fourth-order valence-corrected chi connectivity index (χ4v) is 4.95. The average molecular weight is 454 g/mol. The lowest BCUT2D eigenvalue weighted by molar-refractivity contribution is -0.384. The molecule has 0 spiro atoms. The van der Waals surface area contributed by atoms with Crippen molar-refractivity contribution in [1.29, 1.82) is 5.26 Å². The van der Waals surface area contributed by atoms with E-state index in [1.165, 1.54) is 23.9 Å². The van der Waals surface area contributed by atoms with Crippen LogP contribution in [0.5, 0.6) is 0 Å². The summed E-state index contributed by atoms with van der Waals surface area (Å²) in [6.45, 7) is 0. The van der Waals surface area contributed by atoms with Crippen LogP contribution in [0.3, 0.4) is 0 Å². The predicted molar refractivity (Wildman–Crippen MR) is 118 cm³/mol. The topological polar surface area (TPSA) is 122 Å². The Hall–Kier alpha value is -3.33. The number of rotatable bonds is 6. The second kappa shape index (κ2) is 8.58. The van der Waals surface area contributed by atoms with Crippen molar-refractivity contribution < 1.29 is 9.72 Å². The Morgan fingerprint density at radius 1 is 1.27 bits per heavy atom. The number of aromatic nitrogens is 2. The Balaban J connectivity index is 1.46. The smallest absolute Gasteiger partial charge is 0.270 e. The molecule has 1 amide bonds. The van der Waals surface area contributed by atoms with Gasteiger partial charge in [0.2, 0.25) is 5.91 Å². The summed E-state index contributed by atoms with van der Waals surface area (Å²) >= 11 is 3.88. The highest BCUT2D eigenvalue weighted by Crippen LogP contribution is 2.30. The molecule has 11 heteroatoms. The van der Waals surface area contributed by atoms with E-state index in [0.29, 0.717) is 25.9 Å². The highest BCUT2D eigenvalue weighted by Gasteiger charge is 2.14. The average Bonchev–Trinajstić information content (AvgIpc) is 3.41. The number of nitrogens with one attached hydrogen (secondary N) is 1. The van der Waals surface area contributed by atoms with Crippen LogP contribution in [-0.4, -0.2) is 26.6 Å². The first-order chi connectivity index (χ1) is 14.5. The summed E-state index contributed by atoms with van der Waals surface area (Å²) in [5.74, 6) is -0.258. The number of benzene rings is 1. The number of carbonyl (C=O) groups excluding carboxylic acids is 1. The number of thioether (sulfide) groups is 1. The number of nitriles is 1. The SMILES string of the molecule is N#Cc1ccc(-c2cccs2)nc1SCC(=O)Nc1nc2ccc([N+](=O)[O-])cc2s1. The molecule has 0 saturated heterocycles. The molecule has 0 saturated carbocycles. The number of nitro groups is 1. The molecule has 1 N–H and O–H groups in total. The van der Waals surface area contributed by atoms with E-state index in [1.807, 2.05) is 17.5 Å². The zero-order valence-electron chi connectivity index (χ0n) is 15.1. The van der Waals surface area contributed by atoms with Crippen LogP contribution < -0.4 is 5.32 Å². The van der Waals surface area contributed by atoms with E-state index in [-0.39, 0.29) is 17.3 Å². The van der Waals surface area contributed by atoms with Gasteiger partial charge in [-0.1, -0.05) is 29.2 Å². The molecule has 0 aliphatic heterocycles. The van der Waals surface area contributed by atoms with Crippen LogP contribution in [0, 0.1) is 21.4 Å². The van der Waals surface area contributed by atoms with Crippen LogP contribution in [0.4, 0.5) is 10.8 Å². The van der Waals surface area contributed by atoms with E-state index < -0.39 is 4.92 Å². The Morgan fingerprint density at radius 3 is 2.87 bits per heavy atom. The van der Waals surface area contributed by atoms with Gasteiger partial charge in [0.15, 0.2) is 5.13 Å². The van der Waals surface area contributed by atoms with Crippen LogP contribution in [0.25, 0.3) is 20.8 Å². The maximum Gasteiger partial charge on any atom is 0.270 e. The minimum Gasteiger partial charge on any atom is -0.301 e. The molecule has 148 valence electrons. The van der Waals surface area contributed by atoms with Crippen molar-refractivity contribution in [2.75, 3.05) is 11.1 Å². The van der Waals surface area contributed by atoms with E-state index in [1.54, 1.807) is 29.5 Å². The van der Waals surface area contributed by atoms with Gasteiger partial charge in [0.1, 0.15) is 11.1 Å². The van der Waals surface area contributed by atoms with Crippen LogP contribution in [0.15, 0.2) is 52.9 Å². The quantitative estimate of drug-likeness (QED) is 0.249. The lowest BCUT2D eigenvalue weighted by Gasteiger charge is -2.05. The normalized spacial score (nSPS) is 10.6. The molecule has 4 rings (SSSR count). The Bertz CT molecular complexity index is 1290. The third-order valence-corrected chi connectivity index (χ3v) is 6.74. The number of nitro benzene ring substituents is 1. The second-order valence-corrected chi connectivity index (χ2v) is 8.85. The van der Waals surface area contributed by atoms with Gasteiger partial charge in [-0.3, -0.25) is 14.9 Å². The van der Waals surface area contributed by atoms with Crippen molar-refractivity contribution in [3.05, 3.63) is 63.5 Å². The highest BCUT2D eigenvalue weighted by atomic mass is 32.2. The van der Waals surface area contributed by atoms with Gasteiger partial charge in [0.05, 0.1) is 37.0 Å². The molecule has 1 aromatic carbocycles. The molecule has 0 fully saturated rings. The van der Waals surface area contributed by atoms with Crippen molar-refractivity contribution in [3.8, 4) is 16.6 Å². The summed E-state index contributed by atoms with van der Waals surface area (Å²) in [6.07, 6.45) is 0. The summed E-state index contributed by atoms with van der Waals surface area (Å²) < 4.78 is 0.615. The van der Waals surface area contributed by atoms with Gasteiger partial charge in [-0.25, -0.2) is 9.97 Å². The molecule has 0 radical (unpaired) electrons. The van der Waals surface area contributed by atoms with E-state index in [9.17, 15) is 20.2 Å². The van der Waals surface area contributed by atoms with Crippen LogP contribution in [0.1, 0.15) is 5.56 Å². The molecular weight excluding hydrogens is 442 g/mol. The fourth-order valence-electron chi connectivity index (χ4n) is 2.57. The standard InChI is InChI=1S/C19H11N5O3S3/c20-9-11-3-5-13(15-2-1-7-28-15)21-18(11)29-10-17(25)23-19-22-14-6-4-12(24(26)27)8-16(14)30-19/h1-8H,10H2,(H,22,23,25). The number of fused-ring (bicyclic) bond motifs is 1. The molecule has 3 heterocycles. The summed E-state index contributed by atoms with van der Waals surface area (Å²) in [6, 6.07) is 13.8. The number of pyridine rings is 1. The molecule has 0 atom stereocenters. The van der Waals surface area contributed by atoms with Gasteiger partial charge in [-0.2, -0.15) is 5.26 Å². The maximum atomic E-state index is 12.4. The molecule has 3 aromatic heterocycles. The van der Waals surface area contributed by atoms with Crippen LogP contribution in [0.2, 0.25) is 0 Å². The molecule has 8 nitrogen and oxygen atoms in total. The van der Waals surface area contributed by atoms with E-state index in [0.717, 1.165) is 21.9 Å². The zero-order chi connectivity index (χ0) is 21.1. The Labute approximate surface area is 182 Å². The number of thiophene rings is 1. The molecule has 0 bridgehead atoms. The third-order valence-electron chi connectivity index (χ3n) is 3.92. The van der Waals surface area contributed by atoms with Gasteiger partial charge < -0.3 is 5.32 Å². The van der Waals surface area contributed by atoms with E-state index in [2.05, 4.69) is 21.4 Å². The number of hydrogen-bond donors (Lipinski definition) is 1. The summed E-state index contributed by atoms with van der Waals surface area (Å²) in [4.78, 5) is 32.6. The van der Waals surface area contributed by atoms with Gasteiger partial charge in [0, 0.05) is 12.1 Å². The third kappa shape index (κ3) is 4.30. The van der Waals surface area contributed by atoms with Crippen molar-refractivity contribution in [2.45, 2.75) is 5.03 Å². The van der Waals surface area contributed by atoms with Gasteiger partial charge in [-0.05, 0) is 29.6 Å². The molecule has 30 heavy (non-hydrogen) atoms. The lowest BCUT2D eigenvalue weighted by atomic mass is 10.2. The maximum absolute atomic E-state index is 12.4. The van der Waals surface area contributed by atoms with Crippen LogP contribution in [-0.2, 0) is 4.79 Å². The number of non-ortho nitro benzene ring substituents is 1. The molecule has 0 aliphatic carbocycles. The van der Waals surface area contributed by atoms with E-state index >= 15 is 0 Å². The minimum atomic E-state index is -0.474. The number of nitrogens with zero attached hydrogens (tertiary/aromatic N) is 4. The van der Waals surface area contributed by atoms with Crippen molar-refractivity contribution in [1.82, 2.24) is 9.97 Å². The Kier molecular flexibility index (Phi) is 5.71. The van der Waals surface area contributed by atoms with E-state index in [4.69, 9.17) is 0 Å². The predicted octanol–water partition coefficient (Wildman–Crippen LogP) is 4.93. The fraction of sp³-hybridized carbons (Fsp3) is 0.0526. The van der Waals surface area contributed by atoms with Crippen molar-refractivity contribution in [2.24, 2.45) is 0 Å². The monoisotopic (exact) mass is 453 g/mol. The molecular formula is C19H11N5O3S3. The number of thiazole rings is 1.